The lowest BCUT2D eigenvalue weighted by Gasteiger charge is -2.37. The van der Waals surface area contributed by atoms with Crippen LogP contribution in [0.15, 0.2) is 66.7 Å². The highest BCUT2D eigenvalue weighted by atomic mass is 16.8. The number of fused-ring (bicyclic) bond motifs is 1. The molecule has 1 N–H and O–H groups in total. The summed E-state index contributed by atoms with van der Waals surface area (Å²) in [7, 11) is 0. The number of hydroxylamine groups is 2. The fourth-order valence-corrected chi connectivity index (χ4v) is 4.15. The minimum atomic E-state index is -0.709. The van der Waals surface area contributed by atoms with Gasteiger partial charge in [0.2, 0.25) is 0 Å². The van der Waals surface area contributed by atoms with Crippen molar-refractivity contribution in [2.45, 2.75) is 51.4 Å². The van der Waals surface area contributed by atoms with Crippen LogP contribution in [0.3, 0.4) is 0 Å². The topological polar surface area (TPSA) is 68.2 Å². The van der Waals surface area contributed by atoms with Crippen LogP contribution in [0.2, 0.25) is 0 Å². The first-order valence-electron chi connectivity index (χ1n) is 11.3. The third-order valence-electron chi connectivity index (χ3n) is 5.71. The lowest BCUT2D eigenvalue weighted by atomic mass is 9.87. The van der Waals surface area contributed by atoms with Crippen molar-refractivity contribution in [1.29, 1.82) is 0 Å². The second kappa shape index (κ2) is 9.81. The predicted molar refractivity (Wildman–Crippen MR) is 127 cm³/mol. The number of hydrogen-bond acceptors (Lipinski definition) is 6. The van der Waals surface area contributed by atoms with Crippen molar-refractivity contribution < 1.29 is 24.2 Å². The Labute approximate surface area is 194 Å². The molecule has 0 saturated carbocycles. The normalized spacial score (nSPS) is 19.4. The Kier molecular flexibility index (Phi) is 6.86. The number of carbonyl (C=O) groups excluding carboxylic acids is 1. The molecule has 0 spiro atoms. The fourth-order valence-electron chi connectivity index (χ4n) is 4.15. The summed E-state index contributed by atoms with van der Waals surface area (Å²) >= 11 is 0. The number of rotatable bonds is 5. The fraction of sp³-hybridized carbons (Fsp3) is 0.370. The number of aromatic hydroxyl groups is 1. The van der Waals surface area contributed by atoms with Gasteiger partial charge in [0.15, 0.2) is 0 Å². The Morgan fingerprint density at radius 2 is 1.76 bits per heavy atom. The third kappa shape index (κ3) is 6.24. The maximum Gasteiger partial charge on any atom is 0.528 e. The number of piperidine rings is 1. The zero-order valence-corrected chi connectivity index (χ0v) is 19.4. The molecule has 0 aliphatic carbocycles. The molecule has 33 heavy (non-hydrogen) atoms. The van der Waals surface area contributed by atoms with Crippen molar-refractivity contribution in [1.82, 2.24) is 5.06 Å². The molecular weight excluding hydrogens is 418 g/mol. The SMILES string of the molecule is CC(C)(C)OC(=O)ON1CCC(c2ccc(O)cc2)C(OCc2ccc3ccccc3c2)C1. The maximum atomic E-state index is 12.2. The predicted octanol–water partition coefficient (Wildman–Crippen LogP) is 5.79. The number of ether oxygens (including phenoxy) is 2. The van der Waals surface area contributed by atoms with E-state index >= 15 is 0 Å². The molecule has 0 amide bonds. The van der Waals surface area contributed by atoms with Crippen molar-refractivity contribution in [3.8, 4) is 5.75 Å². The van der Waals surface area contributed by atoms with Crippen LogP contribution in [-0.4, -0.2) is 41.1 Å². The lowest BCUT2D eigenvalue weighted by Crippen LogP contribution is -2.45. The first-order chi connectivity index (χ1) is 15.8. The smallest absolute Gasteiger partial charge is 0.508 e. The maximum absolute atomic E-state index is 12.2. The molecule has 3 aromatic carbocycles. The lowest BCUT2D eigenvalue weighted by molar-refractivity contribution is -0.179. The minimum Gasteiger partial charge on any atom is -0.508 e. The van der Waals surface area contributed by atoms with Gasteiger partial charge in [0.05, 0.1) is 19.3 Å². The molecule has 0 bridgehead atoms. The molecule has 2 atom stereocenters. The first-order valence-corrected chi connectivity index (χ1v) is 11.3. The summed E-state index contributed by atoms with van der Waals surface area (Å²) in [6.07, 6.45) is -0.160. The van der Waals surface area contributed by atoms with Gasteiger partial charge in [-0.25, -0.2) is 4.79 Å². The molecule has 0 aromatic heterocycles. The highest BCUT2D eigenvalue weighted by Crippen LogP contribution is 2.32. The number of carbonyl (C=O) groups is 1. The quantitative estimate of drug-likeness (QED) is 0.498. The van der Waals surface area contributed by atoms with E-state index in [0.29, 0.717) is 19.7 Å². The monoisotopic (exact) mass is 449 g/mol. The summed E-state index contributed by atoms with van der Waals surface area (Å²) in [6.45, 7) is 6.87. The van der Waals surface area contributed by atoms with Gasteiger partial charge in [-0.2, -0.15) is 0 Å². The molecule has 1 aliphatic heterocycles. The van der Waals surface area contributed by atoms with E-state index in [1.54, 1.807) is 38.0 Å². The van der Waals surface area contributed by atoms with E-state index in [-0.39, 0.29) is 17.8 Å². The minimum absolute atomic E-state index is 0.115. The van der Waals surface area contributed by atoms with Crippen molar-refractivity contribution in [3.63, 3.8) is 0 Å². The van der Waals surface area contributed by atoms with Gasteiger partial charge in [0, 0.05) is 12.5 Å². The highest BCUT2D eigenvalue weighted by molar-refractivity contribution is 5.82. The molecule has 6 nitrogen and oxygen atoms in total. The summed E-state index contributed by atoms with van der Waals surface area (Å²) in [5.74, 6) is 0.350. The van der Waals surface area contributed by atoms with Gasteiger partial charge >= 0.3 is 6.16 Å². The van der Waals surface area contributed by atoms with Crippen LogP contribution in [0, 0.1) is 0 Å². The van der Waals surface area contributed by atoms with Gasteiger partial charge in [-0.05, 0) is 67.3 Å². The van der Waals surface area contributed by atoms with Gasteiger partial charge < -0.3 is 19.4 Å². The first kappa shape index (κ1) is 23.1. The number of benzene rings is 3. The summed E-state index contributed by atoms with van der Waals surface area (Å²) < 4.78 is 11.7. The largest absolute Gasteiger partial charge is 0.528 e. The Hall–Kier alpha value is -3.09. The Morgan fingerprint density at radius 1 is 1.03 bits per heavy atom. The van der Waals surface area contributed by atoms with Gasteiger partial charge in [0.25, 0.3) is 0 Å². The molecule has 1 fully saturated rings. The Morgan fingerprint density at radius 3 is 2.48 bits per heavy atom. The Bertz CT molecular complexity index is 1090. The second-order valence-electron chi connectivity index (χ2n) is 9.46. The highest BCUT2D eigenvalue weighted by Gasteiger charge is 2.34. The third-order valence-corrected chi connectivity index (χ3v) is 5.71. The average molecular weight is 450 g/mol. The van der Waals surface area contributed by atoms with Crippen LogP contribution >= 0.6 is 0 Å². The van der Waals surface area contributed by atoms with E-state index in [4.69, 9.17) is 14.3 Å². The molecule has 1 saturated heterocycles. The zero-order valence-electron chi connectivity index (χ0n) is 19.4. The summed E-state index contributed by atoms with van der Waals surface area (Å²) in [5.41, 5.74) is 1.56. The summed E-state index contributed by atoms with van der Waals surface area (Å²) in [5, 5.41) is 13.7. The molecule has 4 rings (SSSR count). The van der Waals surface area contributed by atoms with Crippen molar-refractivity contribution in [2.24, 2.45) is 0 Å². The van der Waals surface area contributed by atoms with E-state index in [2.05, 4.69) is 30.3 Å². The molecule has 3 aromatic rings. The standard InChI is InChI=1S/C27H31NO5/c1-27(2,3)32-26(30)33-28-15-14-24(21-10-12-23(29)13-11-21)25(17-28)31-18-19-8-9-20-6-4-5-7-22(20)16-19/h4-13,16,24-25,29H,14-15,17-18H2,1-3H3. The van der Waals surface area contributed by atoms with Crippen LogP contribution < -0.4 is 0 Å². The van der Waals surface area contributed by atoms with E-state index < -0.39 is 11.8 Å². The van der Waals surface area contributed by atoms with E-state index in [0.717, 1.165) is 17.5 Å². The molecule has 174 valence electrons. The van der Waals surface area contributed by atoms with Gasteiger partial charge in [-0.3, -0.25) is 0 Å². The molecule has 2 unspecified atom stereocenters. The molecule has 1 heterocycles. The van der Waals surface area contributed by atoms with Crippen molar-refractivity contribution >= 4 is 16.9 Å². The van der Waals surface area contributed by atoms with Crippen LogP contribution in [0.25, 0.3) is 10.8 Å². The van der Waals surface area contributed by atoms with E-state index in [1.165, 1.54) is 10.8 Å². The number of hydrogen-bond donors (Lipinski definition) is 1. The van der Waals surface area contributed by atoms with E-state index in [1.807, 2.05) is 24.3 Å². The van der Waals surface area contributed by atoms with Crippen molar-refractivity contribution in [2.75, 3.05) is 13.1 Å². The number of phenolic OH excluding ortho intramolecular Hbond substituents is 1. The second-order valence-corrected chi connectivity index (χ2v) is 9.46. The van der Waals surface area contributed by atoms with Crippen LogP contribution in [0.4, 0.5) is 4.79 Å². The van der Waals surface area contributed by atoms with Crippen LogP contribution in [-0.2, 0) is 20.9 Å². The average Bonchev–Trinajstić information content (AvgIpc) is 2.77. The Balaban J connectivity index is 1.48. The zero-order chi connectivity index (χ0) is 23.4. The van der Waals surface area contributed by atoms with E-state index in [9.17, 15) is 9.90 Å². The van der Waals surface area contributed by atoms with Crippen LogP contribution in [0.5, 0.6) is 5.75 Å². The molecular formula is C27H31NO5. The van der Waals surface area contributed by atoms with Gasteiger partial charge in [-0.15, -0.1) is 5.06 Å². The van der Waals surface area contributed by atoms with Gasteiger partial charge in [0.1, 0.15) is 11.4 Å². The molecule has 0 radical (unpaired) electrons. The number of phenols is 1. The molecule has 1 aliphatic rings. The number of nitrogens with zero attached hydrogens (tertiary/aromatic N) is 1. The van der Waals surface area contributed by atoms with Crippen LogP contribution in [0.1, 0.15) is 44.2 Å². The molecule has 6 heteroatoms. The summed E-state index contributed by atoms with van der Waals surface area (Å²) in [4.78, 5) is 17.6. The van der Waals surface area contributed by atoms with Crippen molar-refractivity contribution in [3.05, 3.63) is 77.9 Å². The van der Waals surface area contributed by atoms with Gasteiger partial charge in [-0.1, -0.05) is 48.5 Å². The summed E-state index contributed by atoms with van der Waals surface area (Å²) in [6, 6.07) is 21.8.